The molecular formula is C11H13NO. The predicted molar refractivity (Wildman–Crippen MR) is 51.0 cm³/mol. The first-order valence-electron chi connectivity index (χ1n) is 4.87. The number of para-hydroxylation sites is 1. The predicted octanol–water partition coefficient (Wildman–Crippen LogP) is 1.38. The molecule has 0 aliphatic carbocycles. The third-order valence-electron chi connectivity index (χ3n) is 3.12. The van der Waals surface area contributed by atoms with Crippen molar-refractivity contribution < 1.29 is 4.74 Å². The van der Waals surface area contributed by atoms with E-state index in [4.69, 9.17) is 4.74 Å². The van der Waals surface area contributed by atoms with Crippen LogP contribution in [-0.4, -0.2) is 19.7 Å². The molecule has 2 heterocycles. The average molecular weight is 175 g/mol. The van der Waals surface area contributed by atoms with E-state index in [-0.39, 0.29) is 0 Å². The van der Waals surface area contributed by atoms with Gasteiger partial charge in [-0.1, -0.05) is 18.2 Å². The van der Waals surface area contributed by atoms with Gasteiger partial charge in [0.1, 0.15) is 5.75 Å². The van der Waals surface area contributed by atoms with Gasteiger partial charge in [0.2, 0.25) is 0 Å². The summed E-state index contributed by atoms with van der Waals surface area (Å²) in [6.07, 6.45) is 0. The second-order valence-corrected chi connectivity index (χ2v) is 3.87. The van der Waals surface area contributed by atoms with Gasteiger partial charge in [-0.15, -0.1) is 0 Å². The molecule has 2 heteroatoms. The van der Waals surface area contributed by atoms with Gasteiger partial charge in [0.05, 0.1) is 6.61 Å². The topological polar surface area (TPSA) is 21.3 Å². The molecule has 0 radical (unpaired) electrons. The van der Waals surface area contributed by atoms with E-state index < -0.39 is 0 Å². The lowest BCUT2D eigenvalue weighted by molar-refractivity contribution is 0.237. The third kappa shape index (κ3) is 1.05. The molecular weight excluding hydrogens is 162 g/mol. The first-order chi connectivity index (χ1) is 6.45. The zero-order chi connectivity index (χ0) is 8.67. The van der Waals surface area contributed by atoms with Crippen molar-refractivity contribution in [1.29, 1.82) is 0 Å². The van der Waals surface area contributed by atoms with Crippen LogP contribution in [0.25, 0.3) is 0 Å². The minimum Gasteiger partial charge on any atom is -0.493 e. The SMILES string of the molecule is c1ccc2c(c1)OCC2C1CNC1. The van der Waals surface area contributed by atoms with Crippen molar-refractivity contribution in [2.45, 2.75) is 5.92 Å². The largest absolute Gasteiger partial charge is 0.493 e. The van der Waals surface area contributed by atoms with Crippen LogP contribution in [0.4, 0.5) is 0 Å². The summed E-state index contributed by atoms with van der Waals surface area (Å²) < 4.78 is 5.64. The molecule has 68 valence electrons. The molecule has 1 aromatic carbocycles. The fourth-order valence-corrected chi connectivity index (χ4v) is 2.17. The Morgan fingerprint density at radius 3 is 2.85 bits per heavy atom. The summed E-state index contributed by atoms with van der Waals surface area (Å²) in [6.45, 7) is 3.19. The van der Waals surface area contributed by atoms with Gasteiger partial charge >= 0.3 is 0 Å². The summed E-state index contributed by atoms with van der Waals surface area (Å²) in [5, 5.41) is 3.31. The molecule has 1 N–H and O–H groups in total. The number of ether oxygens (including phenoxy) is 1. The van der Waals surface area contributed by atoms with E-state index in [9.17, 15) is 0 Å². The van der Waals surface area contributed by atoms with Crippen LogP contribution in [0.5, 0.6) is 5.75 Å². The van der Waals surface area contributed by atoms with E-state index in [0.717, 1.165) is 31.4 Å². The summed E-state index contributed by atoms with van der Waals surface area (Å²) in [7, 11) is 0. The maximum Gasteiger partial charge on any atom is 0.122 e. The number of benzene rings is 1. The molecule has 1 atom stereocenters. The van der Waals surface area contributed by atoms with Gasteiger partial charge in [-0.05, 0) is 25.1 Å². The maximum atomic E-state index is 5.64. The Hall–Kier alpha value is -1.02. The Morgan fingerprint density at radius 2 is 2.08 bits per heavy atom. The third-order valence-corrected chi connectivity index (χ3v) is 3.12. The van der Waals surface area contributed by atoms with Crippen LogP contribution in [0.1, 0.15) is 11.5 Å². The number of hydrogen-bond acceptors (Lipinski definition) is 2. The number of hydrogen-bond donors (Lipinski definition) is 1. The highest BCUT2D eigenvalue weighted by atomic mass is 16.5. The molecule has 0 aromatic heterocycles. The minimum absolute atomic E-state index is 0.637. The molecule has 2 aliphatic rings. The number of fused-ring (bicyclic) bond motifs is 1. The molecule has 3 rings (SSSR count). The normalized spacial score (nSPS) is 26.3. The highest BCUT2D eigenvalue weighted by molar-refractivity contribution is 5.40. The van der Waals surface area contributed by atoms with Crippen molar-refractivity contribution in [1.82, 2.24) is 5.32 Å². The van der Waals surface area contributed by atoms with Gasteiger partial charge in [0, 0.05) is 11.5 Å². The molecule has 2 aliphatic heterocycles. The number of nitrogens with one attached hydrogen (secondary N) is 1. The Labute approximate surface area is 77.9 Å². The molecule has 0 amide bonds. The van der Waals surface area contributed by atoms with E-state index >= 15 is 0 Å². The quantitative estimate of drug-likeness (QED) is 0.696. The van der Waals surface area contributed by atoms with Gasteiger partial charge in [-0.2, -0.15) is 0 Å². The van der Waals surface area contributed by atoms with E-state index in [0.29, 0.717) is 5.92 Å². The fourth-order valence-electron chi connectivity index (χ4n) is 2.17. The Bertz CT molecular complexity index is 320. The van der Waals surface area contributed by atoms with E-state index in [1.165, 1.54) is 5.56 Å². The van der Waals surface area contributed by atoms with Crippen LogP contribution in [0.3, 0.4) is 0 Å². The summed E-state index contributed by atoms with van der Waals surface area (Å²) in [6, 6.07) is 8.42. The van der Waals surface area contributed by atoms with Crippen LogP contribution in [0.15, 0.2) is 24.3 Å². The molecule has 0 saturated carbocycles. The lowest BCUT2D eigenvalue weighted by Crippen LogP contribution is -2.45. The Balaban J connectivity index is 1.93. The van der Waals surface area contributed by atoms with Crippen molar-refractivity contribution in [2.75, 3.05) is 19.7 Å². The summed E-state index contributed by atoms with van der Waals surface area (Å²) >= 11 is 0. The van der Waals surface area contributed by atoms with Crippen molar-refractivity contribution in [3.63, 3.8) is 0 Å². The van der Waals surface area contributed by atoms with Crippen LogP contribution in [0.2, 0.25) is 0 Å². The first kappa shape index (κ1) is 7.39. The monoisotopic (exact) mass is 175 g/mol. The van der Waals surface area contributed by atoms with E-state index in [2.05, 4.69) is 23.5 Å². The summed E-state index contributed by atoms with van der Waals surface area (Å²) in [5.41, 5.74) is 1.41. The fraction of sp³-hybridized carbons (Fsp3) is 0.455. The molecule has 1 saturated heterocycles. The lowest BCUT2D eigenvalue weighted by atomic mass is 9.84. The Kier molecular flexibility index (Phi) is 1.56. The molecule has 1 unspecified atom stereocenters. The molecule has 1 fully saturated rings. The molecule has 13 heavy (non-hydrogen) atoms. The van der Waals surface area contributed by atoms with Crippen molar-refractivity contribution in [2.24, 2.45) is 5.92 Å². The van der Waals surface area contributed by atoms with Crippen LogP contribution >= 0.6 is 0 Å². The molecule has 2 nitrogen and oxygen atoms in total. The minimum atomic E-state index is 0.637. The van der Waals surface area contributed by atoms with Crippen molar-refractivity contribution in [3.05, 3.63) is 29.8 Å². The van der Waals surface area contributed by atoms with Gasteiger partial charge in [-0.3, -0.25) is 0 Å². The molecule has 1 aromatic rings. The van der Waals surface area contributed by atoms with Crippen molar-refractivity contribution >= 4 is 0 Å². The highest BCUT2D eigenvalue weighted by Crippen LogP contribution is 2.39. The lowest BCUT2D eigenvalue weighted by Gasteiger charge is -2.31. The van der Waals surface area contributed by atoms with Gasteiger partial charge in [-0.25, -0.2) is 0 Å². The summed E-state index contributed by atoms with van der Waals surface area (Å²) in [5.74, 6) is 2.53. The zero-order valence-corrected chi connectivity index (χ0v) is 7.49. The molecule has 0 spiro atoms. The summed E-state index contributed by atoms with van der Waals surface area (Å²) in [4.78, 5) is 0. The van der Waals surface area contributed by atoms with E-state index in [1.807, 2.05) is 6.07 Å². The first-order valence-corrected chi connectivity index (χ1v) is 4.87. The maximum absolute atomic E-state index is 5.64. The second-order valence-electron chi connectivity index (χ2n) is 3.87. The van der Waals surface area contributed by atoms with Crippen LogP contribution < -0.4 is 10.1 Å². The average Bonchev–Trinajstić information content (AvgIpc) is 2.47. The van der Waals surface area contributed by atoms with Gasteiger partial charge in [0.15, 0.2) is 0 Å². The zero-order valence-electron chi connectivity index (χ0n) is 7.49. The molecule has 0 bridgehead atoms. The standard InChI is InChI=1S/C11H13NO/c1-2-4-11-9(3-1)10(7-13-11)8-5-12-6-8/h1-4,8,10,12H,5-7H2. The Morgan fingerprint density at radius 1 is 1.23 bits per heavy atom. The van der Waals surface area contributed by atoms with Gasteiger partial charge in [0.25, 0.3) is 0 Å². The van der Waals surface area contributed by atoms with Crippen LogP contribution in [0, 0.1) is 5.92 Å². The van der Waals surface area contributed by atoms with Crippen molar-refractivity contribution in [3.8, 4) is 5.75 Å². The van der Waals surface area contributed by atoms with Gasteiger partial charge < -0.3 is 10.1 Å². The second kappa shape index (κ2) is 2.74. The number of rotatable bonds is 1. The van der Waals surface area contributed by atoms with Crippen LogP contribution in [-0.2, 0) is 0 Å². The highest BCUT2D eigenvalue weighted by Gasteiger charge is 2.34. The smallest absolute Gasteiger partial charge is 0.122 e. The van der Waals surface area contributed by atoms with E-state index in [1.54, 1.807) is 0 Å².